The Labute approximate surface area is 125 Å². The smallest absolute Gasteiger partial charge is 0.204 e. The molecule has 0 radical (unpaired) electrons. The summed E-state index contributed by atoms with van der Waals surface area (Å²) >= 11 is 0. The molecule has 3 heteroatoms. The van der Waals surface area contributed by atoms with Crippen LogP contribution >= 0.6 is 0 Å². The molecule has 1 aromatic carbocycles. The summed E-state index contributed by atoms with van der Waals surface area (Å²) in [7, 11) is 0.566. The minimum atomic E-state index is -1.22. The summed E-state index contributed by atoms with van der Waals surface area (Å²) in [6.45, 7) is 9.06. The first kappa shape index (κ1) is 17.1. The largest absolute Gasteiger partial charge is 0.417 e. The quantitative estimate of drug-likeness (QED) is 0.479. The monoisotopic (exact) mass is 292 g/mol. The summed E-state index contributed by atoms with van der Waals surface area (Å²) in [5, 5.41) is 0. The summed E-state index contributed by atoms with van der Waals surface area (Å²) in [6.07, 6.45) is 5.23. The van der Waals surface area contributed by atoms with Gasteiger partial charge in [-0.1, -0.05) is 50.3 Å². The predicted octanol–water partition coefficient (Wildman–Crippen LogP) is 3.99. The first-order valence-electron chi connectivity index (χ1n) is 7.57. The van der Waals surface area contributed by atoms with Gasteiger partial charge in [-0.3, -0.25) is 0 Å². The fraction of sp³-hybridized carbons (Fsp3) is 0.529. The molecule has 0 N–H and O–H groups in total. The van der Waals surface area contributed by atoms with Gasteiger partial charge in [0.15, 0.2) is 0 Å². The zero-order valence-corrected chi connectivity index (χ0v) is 14.3. The number of hydrogen-bond acceptors (Lipinski definition) is 2. The van der Waals surface area contributed by atoms with Crippen molar-refractivity contribution >= 4 is 15.1 Å². The van der Waals surface area contributed by atoms with Gasteiger partial charge in [0.25, 0.3) is 0 Å². The maximum absolute atomic E-state index is 6.12. The lowest BCUT2D eigenvalue weighted by atomic mass is 10.0. The van der Waals surface area contributed by atoms with Gasteiger partial charge in [0.2, 0.25) is 9.04 Å². The van der Waals surface area contributed by atoms with Crippen molar-refractivity contribution in [2.24, 2.45) is 0 Å². The van der Waals surface area contributed by atoms with E-state index >= 15 is 0 Å². The SMILES string of the molecule is C=Cc1ccccc1CCCO[SiH](CCC)C(C)OC. The maximum atomic E-state index is 6.12. The standard InChI is InChI=1S/C17H28O2Si/c1-5-14-20(15(3)18-4)19-13-9-12-17-11-8-7-10-16(17)6-2/h6-8,10-11,15,20H,2,5,9,12-14H2,1,3-4H3. The molecule has 2 nitrogen and oxygen atoms in total. The van der Waals surface area contributed by atoms with Crippen LogP contribution in [-0.2, 0) is 15.6 Å². The van der Waals surface area contributed by atoms with Gasteiger partial charge in [-0.2, -0.15) is 0 Å². The van der Waals surface area contributed by atoms with Crippen LogP contribution in [-0.4, -0.2) is 28.5 Å². The molecule has 1 rings (SSSR count). The second-order valence-electron chi connectivity index (χ2n) is 5.15. The lowest BCUT2D eigenvalue weighted by molar-refractivity contribution is 0.150. The van der Waals surface area contributed by atoms with Gasteiger partial charge in [-0.25, -0.2) is 0 Å². The van der Waals surface area contributed by atoms with Crippen molar-refractivity contribution in [2.45, 2.75) is 44.9 Å². The minimum Gasteiger partial charge on any atom is -0.417 e. The molecule has 2 atom stereocenters. The van der Waals surface area contributed by atoms with Crippen LogP contribution < -0.4 is 0 Å². The van der Waals surface area contributed by atoms with Crippen molar-refractivity contribution < 1.29 is 9.16 Å². The normalized spacial score (nSPS) is 13.9. The van der Waals surface area contributed by atoms with Crippen LogP contribution in [0.4, 0.5) is 0 Å². The Morgan fingerprint density at radius 2 is 2.10 bits per heavy atom. The number of hydrogen-bond donors (Lipinski definition) is 0. The van der Waals surface area contributed by atoms with E-state index < -0.39 is 9.04 Å². The van der Waals surface area contributed by atoms with Gasteiger partial charge in [-0.15, -0.1) is 0 Å². The third-order valence-electron chi connectivity index (χ3n) is 3.67. The Morgan fingerprint density at radius 1 is 1.35 bits per heavy atom. The first-order chi connectivity index (χ1) is 9.72. The first-order valence-corrected chi connectivity index (χ1v) is 9.53. The van der Waals surface area contributed by atoms with E-state index in [1.54, 1.807) is 7.11 Å². The molecular weight excluding hydrogens is 264 g/mol. The summed E-state index contributed by atoms with van der Waals surface area (Å²) in [5.74, 6) is 0. The summed E-state index contributed by atoms with van der Waals surface area (Å²) in [6, 6.07) is 9.63. The molecule has 2 unspecified atom stereocenters. The molecule has 0 aliphatic rings. The molecule has 20 heavy (non-hydrogen) atoms. The molecule has 0 bridgehead atoms. The molecule has 0 aliphatic heterocycles. The van der Waals surface area contributed by atoms with Gasteiger partial charge < -0.3 is 9.16 Å². The van der Waals surface area contributed by atoms with Gasteiger partial charge in [-0.05, 0) is 36.9 Å². The highest BCUT2D eigenvalue weighted by Gasteiger charge is 2.19. The van der Waals surface area contributed by atoms with Crippen molar-refractivity contribution in [2.75, 3.05) is 13.7 Å². The molecule has 0 spiro atoms. The van der Waals surface area contributed by atoms with Crippen LogP contribution in [0.5, 0.6) is 0 Å². The Kier molecular flexibility index (Phi) is 8.50. The number of aryl methyl sites for hydroxylation is 1. The van der Waals surface area contributed by atoms with Crippen LogP contribution in [0.3, 0.4) is 0 Å². The molecule has 0 aliphatic carbocycles. The van der Waals surface area contributed by atoms with E-state index in [1.807, 2.05) is 6.08 Å². The molecule has 0 aromatic heterocycles. The number of methoxy groups -OCH3 is 1. The third-order valence-corrected chi connectivity index (χ3v) is 6.80. The minimum absolute atomic E-state index is 0.301. The topological polar surface area (TPSA) is 18.5 Å². The van der Waals surface area contributed by atoms with Crippen LogP contribution in [0.1, 0.15) is 37.8 Å². The fourth-order valence-corrected chi connectivity index (χ4v) is 4.60. The van der Waals surface area contributed by atoms with Crippen LogP contribution in [0.15, 0.2) is 30.8 Å². The highest BCUT2D eigenvalue weighted by molar-refractivity contribution is 6.53. The summed E-state index contributed by atoms with van der Waals surface area (Å²) in [5.41, 5.74) is 2.90. The van der Waals surface area contributed by atoms with Crippen molar-refractivity contribution in [1.29, 1.82) is 0 Å². The third kappa shape index (κ3) is 5.61. The lowest BCUT2D eigenvalue weighted by Gasteiger charge is -2.21. The number of benzene rings is 1. The van der Waals surface area contributed by atoms with Crippen molar-refractivity contribution in [3.05, 3.63) is 42.0 Å². The van der Waals surface area contributed by atoms with E-state index in [0.29, 0.717) is 5.73 Å². The molecular formula is C17H28O2Si. The van der Waals surface area contributed by atoms with Crippen LogP contribution in [0, 0.1) is 0 Å². The van der Waals surface area contributed by atoms with E-state index in [0.717, 1.165) is 19.4 Å². The molecule has 1 aromatic rings. The molecule has 0 saturated heterocycles. The number of ether oxygens (including phenoxy) is 1. The maximum Gasteiger partial charge on any atom is 0.204 e. The highest BCUT2D eigenvalue weighted by Crippen LogP contribution is 2.13. The predicted molar refractivity (Wildman–Crippen MR) is 89.5 cm³/mol. The zero-order chi connectivity index (χ0) is 14.8. The number of rotatable bonds is 10. The second-order valence-corrected chi connectivity index (χ2v) is 8.07. The molecule has 0 fully saturated rings. The van der Waals surface area contributed by atoms with Crippen molar-refractivity contribution in [1.82, 2.24) is 0 Å². The fourth-order valence-electron chi connectivity index (χ4n) is 2.35. The Hall–Kier alpha value is -0.903. The second kappa shape index (κ2) is 9.92. The van der Waals surface area contributed by atoms with E-state index in [1.165, 1.54) is 23.6 Å². The molecule has 0 saturated carbocycles. The van der Waals surface area contributed by atoms with Gasteiger partial charge >= 0.3 is 0 Å². The van der Waals surface area contributed by atoms with Crippen LogP contribution in [0.2, 0.25) is 6.04 Å². The average Bonchev–Trinajstić information content (AvgIpc) is 2.49. The average molecular weight is 292 g/mol. The molecule has 112 valence electrons. The Morgan fingerprint density at radius 3 is 2.75 bits per heavy atom. The highest BCUT2D eigenvalue weighted by atomic mass is 28.3. The lowest BCUT2D eigenvalue weighted by Crippen LogP contribution is -2.33. The van der Waals surface area contributed by atoms with Crippen molar-refractivity contribution in [3.8, 4) is 0 Å². The Balaban J connectivity index is 2.38. The molecule has 0 heterocycles. The van der Waals surface area contributed by atoms with E-state index in [9.17, 15) is 0 Å². The van der Waals surface area contributed by atoms with Crippen molar-refractivity contribution in [3.63, 3.8) is 0 Å². The van der Waals surface area contributed by atoms with Gasteiger partial charge in [0.1, 0.15) is 0 Å². The molecule has 0 amide bonds. The summed E-state index contributed by atoms with van der Waals surface area (Å²) < 4.78 is 11.6. The van der Waals surface area contributed by atoms with Gasteiger partial charge in [0, 0.05) is 13.7 Å². The van der Waals surface area contributed by atoms with Gasteiger partial charge in [0.05, 0.1) is 5.73 Å². The van der Waals surface area contributed by atoms with E-state index in [-0.39, 0.29) is 0 Å². The van der Waals surface area contributed by atoms with E-state index in [4.69, 9.17) is 9.16 Å². The zero-order valence-electron chi connectivity index (χ0n) is 13.1. The van der Waals surface area contributed by atoms with Crippen LogP contribution in [0.25, 0.3) is 6.08 Å². The Bertz CT molecular complexity index is 392. The van der Waals surface area contributed by atoms with E-state index in [2.05, 4.69) is 44.7 Å². The summed E-state index contributed by atoms with van der Waals surface area (Å²) in [4.78, 5) is 0.